The largest absolute Gasteiger partial charge is 0.417 e. The first-order valence-electron chi connectivity index (χ1n) is 10.3. The van der Waals surface area contributed by atoms with Crippen LogP contribution in [0, 0.1) is 0 Å². The maximum atomic E-state index is 13.6. The van der Waals surface area contributed by atoms with Gasteiger partial charge in [-0.2, -0.15) is 18.3 Å². The topological polar surface area (TPSA) is 78.5 Å². The fourth-order valence-corrected chi connectivity index (χ4v) is 3.72. The Morgan fingerprint density at radius 2 is 1.39 bits per heavy atom. The molecule has 0 bridgehead atoms. The van der Waals surface area contributed by atoms with Gasteiger partial charge in [0, 0.05) is 29.4 Å². The molecule has 0 unspecified atom stereocenters. The third-order valence-corrected chi connectivity index (χ3v) is 5.26. The molecular weight excluding hydrogens is 429 g/mol. The molecule has 3 N–H and O–H groups in total. The van der Waals surface area contributed by atoms with Gasteiger partial charge >= 0.3 is 6.18 Å². The number of nitrogens with one attached hydrogen (secondary N) is 3. The lowest BCUT2D eigenvalue weighted by molar-refractivity contribution is -0.137. The number of aromatic nitrogens is 4. The summed E-state index contributed by atoms with van der Waals surface area (Å²) in [7, 11) is 0. The number of alkyl halides is 3. The summed E-state index contributed by atoms with van der Waals surface area (Å²) in [6.45, 7) is 1.00. The van der Waals surface area contributed by atoms with E-state index >= 15 is 0 Å². The standard InChI is InChI=1S/C24H19F3N6/c25-24(26,27)18-10-4-1-7-15(18)23-30-19-11-5-2-8-16(19)21(31-23)28-13-14-29-22-17-9-3-6-12-20(17)32-33-22/h1-12H,13-14H2,(H,28,30,31)(H2,29,32,33). The van der Waals surface area contributed by atoms with Gasteiger partial charge in [-0.25, -0.2) is 9.97 Å². The van der Waals surface area contributed by atoms with Crippen LogP contribution in [0.25, 0.3) is 33.2 Å². The summed E-state index contributed by atoms with van der Waals surface area (Å²) in [5.41, 5.74) is 0.675. The van der Waals surface area contributed by atoms with Crippen LogP contribution in [-0.4, -0.2) is 33.3 Å². The molecule has 0 atom stereocenters. The normalized spacial score (nSPS) is 11.7. The summed E-state index contributed by atoms with van der Waals surface area (Å²) in [6, 6.07) is 20.4. The highest BCUT2D eigenvalue weighted by molar-refractivity contribution is 5.91. The van der Waals surface area contributed by atoms with Crippen molar-refractivity contribution in [2.24, 2.45) is 0 Å². The minimum Gasteiger partial charge on any atom is -0.368 e. The fourth-order valence-electron chi connectivity index (χ4n) is 3.72. The first-order valence-corrected chi connectivity index (χ1v) is 10.3. The molecule has 0 saturated heterocycles. The number of halogens is 3. The van der Waals surface area contributed by atoms with Crippen molar-refractivity contribution in [2.75, 3.05) is 23.7 Å². The monoisotopic (exact) mass is 448 g/mol. The average Bonchev–Trinajstić information content (AvgIpc) is 3.24. The zero-order valence-electron chi connectivity index (χ0n) is 17.3. The van der Waals surface area contributed by atoms with Crippen LogP contribution in [0.1, 0.15) is 5.56 Å². The van der Waals surface area contributed by atoms with Gasteiger partial charge in [-0.15, -0.1) is 0 Å². The van der Waals surface area contributed by atoms with Crippen molar-refractivity contribution >= 4 is 33.4 Å². The van der Waals surface area contributed by atoms with Gasteiger partial charge in [0.2, 0.25) is 0 Å². The second kappa shape index (κ2) is 8.42. The van der Waals surface area contributed by atoms with Crippen molar-refractivity contribution in [3.05, 3.63) is 78.4 Å². The zero-order valence-corrected chi connectivity index (χ0v) is 17.3. The zero-order chi connectivity index (χ0) is 22.8. The average molecular weight is 448 g/mol. The first kappa shape index (κ1) is 20.7. The minimum atomic E-state index is -4.50. The summed E-state index contributed by atoms with van der Waals surface area (Å²) < 4.78 is 40.7. The first-order chi connectivity index (χ1) is 16.0. The molecule has 0 saturated carbocycles. The molecule has 2 aromatic heterocycles. The van der Waals surface area contributed by atoms with E-state index in [4.69, 9.17) is 0 Å². The van der Waals surface area contributed by atoms with Gasteiger partial charge in [-0.3, -0.25) is 5.10 Å². The lowest BCUT2D eigenvalue weighted by atomic mass is 10.1. The van der Waals surface area contributed by atoms with E-state index in [1.165, 1.54) is 12.1 Å². The Morgan fingerprint density at radius 3 is 2.21 bits per heavy atom. The molecule has 0 spiro atoms. The van der Waals surface area contributed by atoms with Crippen LogP contribution in [0.4, 0.5) is 24.8 Å². The van der Waals surface area contributed by atoms with E-state index in [0.29, 0.717) is 24.4 Å². The third kappa shape index (κ3) is 4.17. The summed E-state index contributed by atoms with van der Waals surface area (Å²) in [5, 5.41) is 15.5. The summed E-state index contributed by atoms with van der Waals surface area (Å²) in [5.74, 6) is 1.23. The fraction of sp³-hybridized carbons (Fsp3) is 0.125. The summed E-state index contributed by atoms with van der Waals surface area (Å²) >= 11 is 0. The number of nitrogens with zero attached hydrogens (tertiary/aromatic N) is 3. The molecule has 2 heterocycles. The number of rotatable bonds is 6. The molecule has 5 aromatic rings. The SMILES string of the molecule is FC(F)(F)c1ccccc1-c1nc(NCCNc2n[nH]c3ccccc23)c2ccccc2n1. The molecule has 0 radical (unpaired) electrons. The lowest BCUT2D eigenvalue weighted by Crippen LogP contribution is -2.15. The van der Waals surface area contributed by atoms with Gasteiger partial charge in [0.1, 0.15) is 5.82 Å². The van der Waals surface area contributed by atoms with E-state index in [1.54, 1.807) is 18.2 Å². The predicted octanol–water partition coefficient (Wildman–Crippen LogP) is 5.72. The Bertz CT molecular complexity index is 1430. The lowest BCUT2D eigenvalue weighted by Gasteiger charge is -2.14. The molecule has 166 valence electrons. The predicted molar refractivity (Wildman–Crippen MR) is 123 cm³/mol. The van der Waals surface area contributed by atoms with Gasteiger partial charge in [0.15, 0.2) is 11.6 Å². The highest BCUT2D eigenvalue weighted by Gasteiger charge is 2.34. The molecule has 0 aliphatic rings. The van der Waals surface area contributed by atoms with Crippen LogP contribution >= 0.6 is 0 Å². The maximum absolute atomic E-state index is 13.6. The Balaban J connectivity index is 1.41. The van der Waals surface area contributed by atoms with Crippen molar-refractivity contribution in [2.45, 2.75) is 6.18 Å². The number of fused-ring (bicyclic) bond motifs is 2. The van der Waals surface area contributed by atoms with Gasteiger partial charge in [0.25, 0.3) is 0 Å². The summed E-state index contributed by atoms with van der Waals surface area (Å²) in [4.78, 5) is 8.86. The van der Waals surface area contributed by atoms with Crippen LogP contribution in [0.5, 0.6) is 0 Å². The van der Waals surface area contributed by atoms with Crippen LogP contribution in [0.3, 0.4) is 0 Å². The second-order valence-corrected chi connectivity index (χ2v) is 7.43. The minimum absolute atomic E-state index is 0.0235. The molecule has 33 heavy (non-hydrogen) atoms. The van der Waals surface area contributed by atoms with Crippen LogP contribution in [-0.2, 0) is 6.18 Å². The van der Waals surface area contributed by atoms with Crippen LogP contribution in [0.15, 0.2) is 72.8 Å². The molecule has 5 rings (SSSR count). The highest BCUT2D eigenvalue weighted by Crippen LogP contribution is 2.36. The van der Waals surface area contributed by atoms with Crippen LogP contribution < -0.4 is 10.6 Å². The van der Waals surface area contributed by atoms with Crippen LogP contribution in [0.2, 0.25) is 0 Å². The molecule has 0 fully saturated rings. The molecule has 0 aliphatic carbocycles. The highest BCUT2D eigenvalue weighted by atomic mass is 19.4. The van der Waals surface area contributed by atoms with Crippen molar-refractivity contribution < 1.29 is 13.2 Å². The van der Waals surface area contributed by atoms with Gasteiger partial charge in [0.05, 0.1) is 16.6 Å². The molecule has 0 amide bonds. The van der Waals surface area contributed by atoms with E-state index in [0.717, 1.165) is 28.2 Å². The number of H-pyrrole nitrogens is 1. The number of benzene rings is 3. The second-order valence-electron chi connectivity index (χ2n) is 7.43. The van der Waals surface area contributed by atoms with E-state index in [9.17, 15) is 13.2 Å². The number of hydrogen-bond donors (Lipinski definition) is 3. The molecule has 3 aromatic carbocycles. The third-order valence-electron chi connectivity index (χ3n) is 5.26. The van der Waals surface area contributed by atoms with Crippen molar-refractivity contribution in [1.29, 1.82) is 0 Å². The van der Waals surface area contributed by atoms with E-state index in [2.05, 4.69) is 30.8 Å². The van der Waals surface area contributed by atoms with Gasteiger partial charge in [-0.05, 0) is 30.3 Å². The quantitative estimate of drug-likeness (QED) is 0.290. The van der Waals surface area contributed by atoms with E-state index in [1.807, 2.05) is 36.4 Å². The Morgan fingerprint density at radius 1 is 0.727 bits per heavy atom. The number of anilines is 2. The van der Waals surface area contributed by atoms with Crippen molar-refractivity contribution in [3.8, 4) is 11.4 Å². The number of hydrogen-bond acceptors (Lipinski definition) is 5. The maximum Gasteiger partial charge on any atom is 0.417 e. The molecule has 9 heteroatoms. The molecule has 0 aliphatic heterocycles. The van der Waals surface area contributed by atoms with Gasteiger partial charge in [-0.1, -0.05) is 42.5 Å². The number of para-hydroxylation sites is 2. The summed E-state index contributed by atoms with van der Waals surface area (Å²) in [6.07, 6.45) is -4.50. The van der Waals surface area contributed by atoms with E-state index < -0.39 is 11.7 Å². The smallest absolute Gasteiger partial charge is 0.368 e. The molecular formula is C24H19F3N6. The Hall–Kier alpha value is -4.14. The molecule has 6 nitrogen and oxygen atoms in total. The van der Waals surface area contributed by atoms with Crippen molar-refractivity contribution in [1.82, 2.24) is 20.2 Å². The van der Waals surface area contributed by atoms with E-state index in [-0.39, 0.29) is 11.4 Å². The van der Waals surface area contributed by atoms with Crippen molar-refractivity contribution in [3.63, 3.8) is 0 Å². The van der Waals surface area contributed by atoms with Gasteiger partial charge < -0.3 is 10.6 Å². The Labute approximate surface area is 186 Å². The Kier molecular flexibility index (Phi) is 5.29. The number of aromatic amines is 1.